The van der Waals surface area contributed by atoms with Crippen molar-refractivity contribution in [2.75, 3.05) is 0 Å². The van der Waals surface area contributed by atoms with Gasteiger partial charge < -0.3 is 4.74 Å². The zero-order valence-electron chi connectivity index (χ0n) is 11.5. The van der Waals surface area contributed by atoms with Crippen LogP contribution in [0.3, 0.4) is 0 Å². The number of ether oxygens (including phenoxy) is 1. The molecule has 0 N–H and O–H groups in total. The number of nitrogens with zero attached hydrogens (tertiary/aromatic N) is 1. The maximum Gasteiger partial charge on any atom is 0.387 e. The van der Waals surface area contributed by atoms with Gasteiger partial charge in [0.25, 0.3) is 10.0 Å². The van der Waals surface area contributed by atoms with Crippen LogP contribution in [0.25, 0.3) is 10.9 Å². The molecule has 0 fully saturated rings. The maximum absolute atomic E-state index is 12.7. The molecular formula is C15H10F2INO3S. The minimum Gasteiger partial charge on any atom is -0.435 e. The lowest BCUT2D eigenvalue weighted by Gasteiger charge is -2.09. The number of fused-ring (bicyclic) bond motifs is 1. The van der Waals surface area contributed by atoms with Crippen LogP contribution in [0.1, 0.15) is 0 Å². The van der Waals surface area contributed by atoms with E-state index in [1.54, 1.807) is 12.1 Å². The van der Waals surface area contributed by atoms with Gasteiger partial charge in [0.1, 0.15) is 5.75 Å². The summed E-state index contributed by atoms with van der Waals surface area (Å²) < 4.78 is 56.1. The van der Waals surface area contributed by atoms with Crippen molar-refractivity contribution in [2.24, 2.45) is 0 Å². The van der Waals surface area contributed by atoms with E-state index >= 15 is 0 Å². The van der Waals surface area contributed by atoms with Crippen molar-refractivity contribution < 1.29 is 21.9 Å². The summed E-state index contributed by atoms with van der Waals surface area (Å²) in [6.45, 7) is -2.95. The van der Waals surface area contributed by atoms with Gasteiger partial charge in [0.2, 0.25) is 0 Å². The van der Waals surface area contributed by atoms with E-state index in [4.69, 9.17) is 0 Å². The molecule has 0 atom stereocenters. The molecule has 2 aromatic carbocycles. The fourth-order valence-electron chi connectivity index (χ4n) is 2.20. The summed E-state index contributed by atoms with van der Waals surface area (Å²) in [4.78, 5) is -0.00448. The van der Waals surface area contributed by atoms with Gasteiger partial charge in [-0.1, -0.05) is 0 Å². The molecule has 0 aliphatic heterocycles. The minimum absolute atomic E-state index is 0.00448. The van der Waals surface area contributed by atoms with Crippen LogP contribution in [0.5, 0.6) is 5.75 Å². The van der Waals surface area contributed by atoms with Crippen LogP contribution in [0.15, 0.2) is 59.6 Å². The monoisotopic (exact) mass is 449 g/mol. The Labute approximate surface area is 144 Å². The van der Waals surface area contributed by atoms with Crippen molar-refractivity contribution in [1.29, 1.82) is 0 Å². The summed E-state index contributed by atoms with van der Waals surface area (Å²) in [6.07, 6.45) is 1.47. The molecule has 0 spiro atoms. The fourth-order valence-corrected chi connectivity index (χ4v) is 4.07. The van der Waals surface area contributed by atoms with E-state index in [9.17, 15) is 17.2 Å². The topological polar surface area (TPSA) is 48.3 Å². The molecule has 0 saturated heterocycles. The molecular weight excluding hydrogens is 439 g/mol. The number of rotatable bonds is 4. The van der Waals surface area contributed by atoms with Gasteiger partial charge in [-0.25, -0.2) is 12.4 Å². The molecule has 0 saturated carbocycles. The molecule has 3 aromatic rings. The lowest BCUT2D eigenvalue weighted by molar-refractivity contribution is -0.0498. The lowest BCUT2D eigenvalue weighted by atomic mass is 10.3. The van der Waals surface area contributed by atoms with Crippen LogP contribution in [0.2, 0.25) is 0 Å². The normalized spacial score (nSPS) is 12.0. The van der Waals surface area contributed by atoms with Crippen molar-refractivity contribution in [2.45, 2.75) is 11.5 Å². The molecule has 8 heteroatoms. The molecule has 0 radical (unpaired) electrons. The lowest BCUT2D eigenvalue weighted by Crippen LogP contribution is -2.11. The van der Waals surface area contributed by atoms with E-state index in [1.165, 1.54) is 34.4 Å². The molecule has 3 rings (SSSR count). The van der Waals surface area contributed by atoms with Crippen LogP contribution in [-0.4, -0.2) is 19.0 Å². The Morgan fingerprint density at radius 3 is 2.39 bits per heavy atom. The smallest absolute Gasteiger partial charge is 0.387 e. The number of benzene rings is 2. The van der Waals surface area contributed by atoms with Gasteiger partial charge in [-0.15, -0.1) is 0 Å². The summed E-state index contributed by atoms with van der Waals surface area (Å²) in [7, 11) is -3.81. The predicted molar refractivity (Wildman–Crippen MR) is 90.3 cm³/mol. The first-order chi connectivity index (χ1) is 10.9. The van der Waals surface area contributed by atoms with Crippen molar-refractivity contribution in [3.05, 3.63) is 58.3 Å². The Bertz CT molecular complexity index is 953. The highest BCUT2D eigenvalue weighted by atomic mass is 127. The van der Waals surface area contributed by atoms with Gasteiger partial charge in [0.05, 0.1) is 10.4 Å². The van der Waals surface area contributed by atoms with Gasteiger partial charge in [-0.05, 0) is 71.1 Å². The summed E-state index contributed by atoms with van der Waals surface area (Å²) >= 11 is 2.15. The van der Waals surface area contributed by atoms with Crippen LogP contribution >= 0.6 is 22.6 Å². The molecule has 1 aromatic heterocycles. The molecule has 1 heterocycles. The van der Waals surface area contributed by atoms with E-state index in [1.807, 2.05) is 12.1 Å². The highest BCUT2D eigenvalue weighted by Gasteiger charge is 2.19. The Hall–Kier alpha value is -1.68. The number of hydrogen-bond acceptors (Lipinski definition) is 3. The van der Waals surface area contributed by atoms with E-state index in [0.717, 1.165) is 8.96 Å². The molecule has 0 bridgehead atoms. The quantitative estimate of drug-likeness (QED) is 0.565. The predicted octanol–water partition coefficient (Wildman–Crippen LogP) is 4.08. The number of alkyl halides is 2. The van der Waals surface area contributed by atoms with E-state index in [-0.39, 0.29) is 10.6 Å². The highest BCUT2D eigenvalue weighted by molar-refractivity contribution is 14.1. The first kappa shape index (κ1) is 16.2. The van der Waals surface area contributed by atoms with Crippen molar-refractivity contribution >= 4 is 43.5 Å². The average Bonchev–Trinajstić information content (AvgIpc) is 2.90. The second-order valence-corrected chi connectivity index (χ2v) is 7.73. The average molecular weight is 449 g/mol. The van der Waals surface area contributed by atoms with Crippen molar-refractivity contribution in [3.8, 4) is 5.75 Å². The first-order valence-electron chi connectivity index (χ1n) is 6.45. The third-order valence-electron chi connectivity index (χ3n) is 3.22. The molecule has 4 nitrogen and oxygen atoms in total. The van der Waals surface area contributed by atoms with Crippen LogP contribution in [0, 0.1) is 3.57 Å². The minimum atomic E-state index is -3.81. The fraction of sp³-hybridized carbons (Fsp3) is 0.0667. The standard InChI is InChI=1S/C15H10F2INO3S/c16-15(17)22-12-2-4-13(5-3-12)23(20,21)19-8-7-10-9-11(18)1-6-14(10)19/h1-9,15H. The van der Waals surface area contributed by atoms with E-state index in [0.29, 0.717) is 5.52 Å². The Morgan fingerprint density at radius 1 is 1.04 bits per heavy atom. The van der Waals surface area contributed by atoms with Crippen molar-refractivity contribution in [1.82, 2.24) is 3.97 Å². The third kappa shape index (κ3) is 3.18. The van der Waals surface area contributed by atoms with Gasteiger partial charge >= 0.3 is 6.61 Å². The second kappa shape index (κ2) is 6.08. The first-order valence-corrected chi connectivity index (χ1v) is 8.97. The third-order valence-corrected chi connectivity index (χ3v) is 5.60. The second-order valence-electron chi connectivity index (χ2n) is 4.67. The molecule has 120 valence electrons. The van der Waals surface area contributed by atoms with Gasteiger partial charge in [-0.3, -0.25) is 0 Å². The Kier molecular flexibility index (Phi) is 4.28. The number of halogens is 3. The molecule has 23 heavy (non-hydrogen) atoms. The maximum atomic E-state index is 12.7. The van der Waals surface area contributed by atoms with Crippen LogP contribution in [0.4, 0.5) is 8.78 Å². The zero-order chi connectivity index (χ0) is 16.6. The molecule has 0 aliphatic rings. The SMILES string of the molecule is O=S(=O)(c1ccc(OC(F)F)cc1)n1ccc2cc(I)ccc21. The summed E-state index contributed by atoms with van der Waals surface area (Å²) in [6, 6.07) is 12.0. The molecule has 0 aliphatic carbocycles. The largest absolute Gasteiger partial charge is 0.435 e. The number of hydrogen-bond donors (Lipinski definition) is 0. The number of aromatic nitrogens is 1. The van der Waals surface area contributed by atoms with Gasteiger partial charge in [0.15, 0.2) is 0 Å². The van der Waals surface area contributed by atoms with Gasteiger partial charge in [-0.2, -0.15) is 8.78 Å². The van der Waals surface area contributed by atoms with Crippen molar-refractivity contribution in [3.63, 3.8) is 0 Å². The zero-order valence-corrected chi connectivity index (χ0v) is 14.5. The summed E-state index contributed by atoms with van der Waals surface area (Å²) in [5, 5.41) is 0.804. The van der Waals surface area contributed by atoms with Crippen LogP contribution < -0.4 is 4.74 Å². The molecule has 0 unspecified atom stereocenters. The summed E-state index contributed by atoms with van der Waals surface area (Å²) in [5.41, 5.74) is 0.554. The highest BCUT2D eigenvalue weighted by Crippen LogP contribution is 2.25. The van der Waals surface area contributed by atoms with Gasteiger partial charge in [0, 0.05) is 15.2 Å². The Morgan fingerprint density at radius 2 is 1.74 bits per heavy atom. The Balaban J connectivity index is 2.03. The summed E-state index contributed by atoms with van der Waals surface area (Å²) in [5.74, 6) is -0.0918. The van der Waals surface area contributed by atoms with E-state index < -0.39 is 16.6 Å². The van der Waals surface area contributed by atoms with E-state index in [2.05, 4.69) is 27.3 Å². The van der Waals surface area contributed by atoms with Crippen LogP contribution in [-0.2, 0) is 10.0 Å². The molecule has 0 amide bonds.